The molecule has 25 heavy (non-hydrogen) atoms. The molecule has 0 aliphatic carbocycles. The van der Waals surface area contributed by atoms with Crippen LogP contribution >= 0.6 is 11.9 Å². The van der Waals surface area contributed by atoms with E-state index in [2.05, 4.69) is 10.0 Å². The highest BCUT2D eigenvalue weighted by Gasteiger charge is 2.15. The fourth-order valence-electron chi connectivity index (χ4n) is 1.62. The number of hydrogen-bond donors (Lipinski definition) is 3. The molecule has 0 fully saturated rings. The molecule has 1 amide bonds. The van der Waals surface area contributed by atoms with Crippen LogP contribution in [0.3, 0.4) is 0 Å². The van der Waals surface area contributed by atoms with Gasteiger partial charge in [-0.05, 0) is 57.0 Å². The van der Waals surface area contributed by atoms with Crippen molar-refractivity contribution in [1.82, 2.24) is 10.0 Å². The zero-order valence-electron chi connectivity index (χ0n) is 15.0. The molecule has 8 heteroatoms. The van der Waals surface area contributed by atoms with Gasteiger partial charge >= 0.3 is 6.09 Å². The van der Waals surface area contributed by atoms with Crippen LogP contribution in [-0.4, -0.2) is 56.3 Å². The zero-order chi connectivity index (χ0) is 18.5. The number of carbonyl (C=O) groups excluding carboxylic acids is 1. The van der Waals surface area contributed by atoms with Crippen LogP contribution in [0.1, 0.15) is 20.8 Å². The first-order chi connectivity index (χ1) is 11.9. The molecule has 0 aromatic heterocycles. The summed E-state index contributed by atoms with van der Waals surface area (Å²) in [6.07, 6.45) is -0.440. The van der Waals surface area contributed by atoms with E-state index >= 15 is 0 Å². The van der Waals surface area contributed by atoms with E-state index in [1.54, 1.807) is 12.1 Å². The molecule has 0 bridgehead atoms. The van der Waals surface area contributed by atoms with Gasteiger partial charge in [-0.1, -0.05) is 0 Å². The maximum absolute atomic E-state index is 11.4. The highest BCUT2D eigenvalue weighted by Crippen LogP contribution is 2.17. The predicted molar refractivity (Wildman–Crippen MR) is 97.8 cm³/mol. The summed E-state index contributed by atoms with van der Waals surface area (Å²) in [6, 6.07) is 6.98. The van der Waals surface area contributed by atoms with Crippen molar-refractivity contribution < 1.29 is 24.1 Å². The fraction of sp³-hybridized carbons (Fsp3) is 0.588. The predicted octanol–water partition coefficient (Wildman–Crippen LogP) is 2.55. The van der Waals surface area contributed by atoms with Gasteiger partial charge in [0, 0.05) is 18.0 Å². The van der Waals surface area contributed by atoms with Gasteiger partial charge in [-0.3, -0.25) is 4.72 Å². The Kier molecular flexibility index (Phi) is 10.3. The Hall–Kier alpha value is -1.48. The van der Waals surface area contributed by atoms with Gasteiger partial charge in [0.1, 0.15) is 11.4 Å². The highest BCUT2D eigenvalue weighted by atomic mass is 32.2. The quantitative estimate of drug-likeness (QED) is 0.406. The van der Waals surface area contributed by atoms with Crippen LogP contribution in [0.2, 0.25) is 0 Å². The minimum Gasteiger partial charge on any atom is -0.508 e. The molecule has 0 unspecified atom stereocenters. The van der Waals surface area contributed by atoms with Crippen LogP contribution in [0.4, 0.5) is 4.79 Å². The Labute approximate surface area is 153 Å². The van der Waals surface area contributed by atoms with E-state index in [9.17, 15) is 9.90 Å². The molecule has 0 aliphatic heterocycles. The standard InChI is InChI=1S/C17H28N2O5S/c1-17(2,3)24-16(21)18-8-10-22-12-13-23-11-9-19-25-15-6-4-14(20)5-7-15/h4-7,19-20H,8-13H2,1-3H3,(H,18,21). The maximum atomic E-state index is 11.4. The number of rotatable bonds is 11. The number of alkyl carbamates (subject to hydrolysis) is 1. The Bertz CT molecular complexity index is 491. The van der Waals surface area contributed by atoms with Gasteiger partial charge in [0.25, 0.3) is 0 Å². The number of hydrogen-bond acceptors (Lipinski definition) is 7. The minimum atomic E-state index is -0.493. The van der Waals surface area contributed by atoms with Gasteiger partial charge in [-0.15, -0.1) is 0 Å². The van der Waals surface area contributed by atoms with Gasteiger partial charge < -0.3 is 24.6 Å². The lowest BCUT2D eigenvalue weighted by Gasteiger charge is -2.19. The summed E-state index contributed by atoms with van der Waals surface area (Å²) in [7, 11) is 0. The summed E-state index contributed by atoms with van der Waals surface area (Å²) in [5.74, 6) is 0.258. The zero-order valence-corrected chi connectivity index (χ0v) is 15.9. The molecule has 0 saturated carbocycles. The van der Waals surface area contributed by atoms with Gasteiger partial charge in [-0.25, -0.2) is 4.79 Å². The Morgan fingerprint density at radius 1 is 1.04 bits per heavy atom. The average molecular weight is 372 g/mol. The Morgan fingerprint density at radius 2 is 1.64 bits per heavy atom. The molecular formula is C17H28N2O5S. The van der Waals surface area contributed by atoms with Crippen molar-refractivity contribution in [1.29, 1.82) is 0 Å². The van der Waals surface area contributed by atoms with Gasteiger partial charge in [0.15, 0.2) is 0 Å². The molecular weight excluding hydrogens is 344 g/mol. The SMILES string of the molecule is CC(C)(C)OC(=O)NCCOCCOCCNSc1ccc(O)cc1. The van der Waals surface area contributed by atoms with Crippen molar-refractivity contribution in [2.75, 3.05) is 39.5 Å². The molecule has 1 aromatic rings. The molecule has 3 N–H and O–H groups in total. The normalized spacial score (nSPS) is 11.3. The number of aromatic hydroxyl groups is 1. The highest BCUT2D eigenvalue weighted by molar-refractivity contribution is 7.97. The van der Waals surface area contributed by atoms with Gasteiger partial charge in [-0.2, -0.15) is 0 Å². The lowest BCUT2D eigenvalue weighted by Crippen LogP contribution is -2.34. The molecule has 0 spiro atoms. The summed E-state index contributed by atoms with van der Waals surface area (Å²) in [5.41, 5.74) is -0.493. The van der Waals surface area contributed by atoms with E-state index in [1.807, 2.05) is 32.9 Å². The maximum Gasteiger partial charge on any atom is 0.407 e. The van der Waals surface area contributed by atoms with Crippen LogP contribution < -0.4 is 10.0 Å². The van der Waals surface area contributed by atoms with Crippen LogP contribution in [0.25, 0.3) is 0 Å². The summed E-state index contributed by atoms with van der Waals surface area (Å²) in [5, 5.41) is 11.8. The summed E-state index contributed by atoms with van der Waals surface area (Å²) in [4.78, 5) is 12.4. The van der Waals surface area contributed by atoms with E-state index in [0.29, 0.717) is 39.5 Å². The smallest absolute Gasteiger partial charge is 0.407 e. The first-order valence-corrected chi connectivity index (χ1v) is 8.99. The van der Waals surface area contributed by atoms with Gasteiger partial charge in [0.2, 0.25) is 0 Å². The number of carbonyl (C=O) groups is 1. The second-order valence-electron chi connectivity index (χ2n) is 6.14. The van der Waals surface area contributed by atoms with E-state index in [-0.39, 0.29) is 5.75 Å². The molecule has 0 radical (unpaired) electrons. The van der Waals surface area contributed by atoms with Crippen molar-refractivity contribution in [3.8, 4) is 5.75 Å². The number of ether oxygens (including phenoxy) is 3. The summed E-state index contributed by atoms with van der Waals surface area (Å²) < 4.78 is 19.1. The second kappa shape index (κ2) is 12.0. The van der Waals surface area contributed by atoms with Gasteiger partial charge in [0.05, 0.1) is 26.4 Å². The molecule has 142 valence electrons. The molecule has 0 aliphatic rings. The molecule has 0 saturated heterocycles. The third kappa shape index (κ3) is 12.5. The monoisotopic (exact) mass is 372 g/mol. The topological polar surface area (TPSA) is 89.1 Å². The third-order valence-corrected chi connectivity index (χ3v) is 3.52. The second-order valence-corrected chi connectivity index (χ2v) is 7.11. The molecule has 0 heterocycles. The van der Waals surface area contributed by atoms with Crippen LogP contribution in [0.5, 0.6) is 5.75 Å². The fourth-order valence-corrected chi connectivity index (χ4v) is 2.25. The van der Waals surface area contributed by atoms with Crippen molar-refractivity contribution in [3.63, 3.8) is 0 Å². The van der Waals surface area contributed by atoms with E-state index in [1.165, 1.54) is 11.9 Å². The van der Waals surface area contributed by atoms with Crippen LogP contribution in [0.15, 0.2) is 29.2 Å². The van der Waals surface area contributed by atoms with Crippen molar-refractivity contribution in [2.24, 2.45) is 0 Å². The van der Waals surface area contributed by atoms with E-state index in [0.717, 1.165) is 4.90 Å². The summed E-state index contributed by atoms with van der Waals surface area (Å²) in [6.45, 7) is 8.52. The van der Waals surface area contributed by atoms with E-state index in [4.69, 9.17) is 14.2 Å². The number of phenolic OH excluding ortho intramolecular Hbond substituents is 1. The number of benzene rings is 1. The first-order valence-electron chi connectivity index (χ1n) is 8.18. The third-order valence-electron chi connectivity index (χ3n) is 2.66. The largest absolute Gasteiger partial charge is 0.508 e. The van der Waals surface area contributed by atoms with Crippen LogP contribution in [0, 0.1) is 0 Å². The number of nitrogens with one attached hydrogen (secondary N) is 2. The molecule has 1 aromatic carbocycles. The van der Waals surface area contributed by atoms with Crippen molar-refractivity contribution in [2.45, 2.75) is 31.3 Å². The van der Waals surface area contributed by atoms with Crippen molar-refractivity contribution >= 4 is 18.0 Å². The molecule has 0 atom stereocenters. The number of amides is 1. The number of phenols is 1. The average Bonchev–Trinajstić information content (AvgIpc) is 2.52. The molecule has 1 rings (SSSR count). The van der Waals surface area contributed by atoms with Crippen LogP contribution in [-0.2, 0) is 14.2 Å². The summed E-state index contributed by atoms with van der Waals surface area (Å²) >= 11 is 1.49. The Balaban J connectivity index is 1.86. The minimum absolute atomic E-state index is 0.258. The van der Waals surface area contributed by atoms with E-state index < -0.39 is 11.7 Å². The van der Waals surface area contributed by atoms with Crippen molar-refractivity contribution in [3.05, 3.63) is 24.3 Å². The first kappa shape index (κ1) is 21.6. The Morgan fingerprint density at radius 3 is 2.24 bits per heavy atom. The lowest BCUT2D eigenvalue weighted by molar-refractivity contribution is 0.0409. The molecule has 7 nitrogen and oxygen atoms in total. The lowest BCUT2D eigenvalue weighted by atomic mass is 10.2.